The molecule has 0 bridgehead atoms. The van der Waals surface area contributed by atoms with E-state index in [1.807, 2.05) is 18.2 Å². The number of furan rings is 1. The van der Waals surface area contributed by atoms with Crippen LogP contribution in [0.1, 0.15) is 16.9 Å². The normalized spacial score (nSPS) is 15.2. The first kappa shape index (κ1) is 16.8. The molecule has 0 radical (unpaired) electrons. The van der Waals surface area contributed by atoms with Gasteiger partial charge in [0.15, 0.2) is 0 Å². The Kier molecular flexibility index (Phi) is 4.44. The number of benzene rings is 2. The predicted octanol–water partition coefficient (Wildman–Crippen LogP) is 3.78. The highest BCUT2D eigenvalue weighted by molar-refractivity contribution is 7.89. The van der Waals surface area contributed by atoms with Crippen molar-refractivity contribution >= 4 is 21.9 Å². The van der Waals surface area contributed by atoms with Gasteiger partial charge in [0.25, 0.3) is 0 Å². The Hall–Kier alpha value is -2.70. The van der Waals surface area contributed by atoms with Crippen molar-refractivity contribution in [2.45, 2.75) is 17.9 Å². The number of rotatable bonds is 4. The van der Waals surface area contributed by atoms with E-state index in [1.54, 1.807) is 48.9 Å². The van der Waals surface area contributed by atoms with E-state index in [2.05, 4.69) is 11.1 Å². The fourth-order valence-electron chi connectivity index (χ4n) is 3.03. The first-order valence-electron chi connectivity index (χ1n) is 8.37. The second-order valence-corrected chi connectivity index (χ2v) is 8.06. The first-order chi connectivity index (χ1) is 12.6. The molecule has 0 N–H and O–H groups in total. The van der Waals surface area contributed by atoms with Gasteiger partial charge in [-0.1, -0.05) is 24.3 Å². The highest BCUT2D eigenvalue weighted by Gasteiger charge is 2.27. The minimum atomic E-state index is -3.52. The average Bonchev–Trinajstić information content (AvgIpc) is 3.20. The summed E-state index contributed by atoms with van der Waals surface area (Å²) >= 11 is 0. The highest BCUT2D eigenvalue weighted by Crippen LogP contribution is 2.26. The molecule has 0 atom stereocenters. The number of hydrogen-bond donors (Lipinski definition) is 0. The first-order valence-corrected chi connectivity index (χ1v) is 9.81. The standard InChI is InChI=1S/C20H18N2O3S/c23-26(24,22-12-11-16-4-1-2-5-17(16)15-22)20-9-7-18(8-10-20)21-14-19-6-3-13-25-19/h1-10,13-14H,11-12,15H2. The van der Waals surface area contributed by atoms with Crippen LogP contribution in [0.2, 0.25) is 0 Å². The van der Waals surface area contributed by atoms with Crippen LogP contribution in [0, 0.1) is 0 Å². The molecule has 0 aliphatic carbocycles. The largest absolute Gasteiger partial charge is 0.463 e. The van der Waals surface area contributed by atoms with E-state index in [0.29, 0.717) is 24.5 Å². The van der Waals surface area contributed by atoms with Crippen molar-refractivity contribution in [2.75, 3.05) is 6.54 Å². The Morgan fingerprint density at radius 3 is 2.46 bits per heavy atom. The molecule has 4 rings (SSSR count). The van der Waals surface area contributed by atoms with Gasteiger partial charge in [-0.05, 0) is 53.9 Å². The molecule has 0 saturated carbocycles. The number of hydrogen-bond acceptors (Lipinski definition) is 4. The van der Waals surface area contributed by atoms with Gasteiger partial charge >= 0.3 is 0 Å². The van der Waals surface area contributed by atoms with Crippen LogP contribution in [0.5, 0.6) is 0 Å². The van der Waals surface area contributed by atoms with Crippen LogP contribution in [-0.2, 0) is 23.0 Å². The SMILES string of the molecule is O=S(=O)(c1ccc(N=Cc2ccco2)cc1)N1CCc2ccccc2C1. The zero-order valence-electron chi connectivity index (χ0n) is 14.1. The summed E-state index contributed by atoms with van der Waals surface area (Å²) in [5.74, 6) is 0.647. The summed E-state index contributed by atoms with van der Waals surface area (Å²) in [5.41, 5.74) is 2.97. The van der Waals surface area contributed by atoms with Crippen LogP contribution in [0.3, 0.4) is 0 Å². The number of fused-ring (bicyclic) bond motifs is 1. The molecule has 3 aromatic rings. The third kappa shape index (κ3) is 3.34. The van der Waals surface area contributed by atoms with Crippen LogP contribution in [0.4, 0.5) is 5.69 Å². The third-order valence-corrected chi connectivity index (χ3v) is 6.31. The Morgan fingerprint density at radius 2 is 1.73 bits per heavy atom. The molecule has 0 fully saturated rings. The van der Waals surface area contributed by atoms with Gasteiger partial charge in [-0.3, -0.25) is 4.99 Å². The Morgan fingerprint density at radius 1 is 0.962 bits per heavy atom. The summed E-state index contributed by atoms with van der Waals surface area (Å²) in [5, 5.41) is 0. The van der Waals surface area contributed by atoms with E-state index >= 15 is 0 Å². The fourth-order valence-corrected chi connectivity index (χ4v) is 4.45. The minimum Gasteiger partial charge on any atom is -0.463 e. The zero-order chi connectivity index (χ0) is 18.0. The minimum absolute atomic E-state index is 0.286. The molecule has 6 heteroatoms. The average molecular weight is 366 g/mol. The molecule has 1 aromatic heterocycles. The van der Waals surface area contributed by atoms with E-state index in [4.69, 9.17) is 4.42 Å². The molecule has 5 nitrogen and oxygen atoms in total. The van der Waals surface area contributed by atoms with E-state index in [1.165, 1.54) is 9.87 Å². The van der Waals surface area contributed by atoms with Crippen LogP contribution in [0.15, 0.2) is 81.2 Å². The monoisotopic (exact) mass is 366 g/mol. The quantitative estimate of drug-likeness (QED) is 0.660. The van der Waals surface area contributed by atoms with Gasteiger partial charge in [-0.25, -0.2) is 8.42 Å². The van der Waals surface area contributed by atoms with Crippen molar-refractivity contribution in [3.05, 3.63) is 83.8 Å². The van der Waals surface area contributed by atoms with Crippen molar-refractivity contribution in [1.82, 2.24) is 4.31 Å². The number of aliphatic imine (C=N–C) groups is 1. The number of nitrogens with zero attached hydrogens (tertiary/aromatic N) is 2. The fraction of sp³-hybridized carbons (Fsp3) is 0.150. The Labute approximate surface area is 152 Å². The van der Waals surface area contributed by atoms with Gasteiger partial charge in [-0.15, -0.1) is 0 Å². The Bertz CT molecular complexity index is 1020. The van der Waals surface area contributed by atoms with Gasteiger partial charge in [0.2, 0.25) is 10.0 Å². The van der Waals surface area contributed by atoms with E-state index in [9.17, 15) is 8.42 Å². The van der Waals surface area contributed by atoms with Crippen LogP contribution < -0.4 is 0 Å². The smallest absolute Gasteiger partial charge is 0.243 e. The lowest BCUT2D eigenvalue weighted by atomic mass is 10.0. The molecule has 2 heterocycles. The molecule has 0 spiro atoms. The van der Waals surface area contributed by atoms with Crippen molar-refractivity contribution in [1.29, 1.82) is 0 Å². The molecule has 0 unspecified atom stereocenters. The van der Waals surface area contributed by atoms with Gasteiger partial charge in [0.1, 0.15) is 5.76 Å². The van der Waals surface area contributed by atoms with Gasteiger partial charge in [0.05, 0.1) is 23.1 Å². The van der Waals surface area contributed by atoms with Crippen LogP contribution >= 0.6 is 0 Å². The third-order valence-electron chi connectivity index (χ3n) is 4.45. The van der Waals surface area contributed by atoms with Gasteiger partial charge in [-0.2, -0.15) is 4.31 Å². The molecule has 0 amide bonds. The lowest BCUT2D eigenvalue weighted by Gasteiger charge is -2.28. The lowest BCUT2D eigenvalue weighted by Crippen LogP contribution is -2.35. The highest BCUT2D eigenvalue weighted by atomic mass is 32.2. The Balaban J connectivity index is 1.53. The van der Waals surface area contributed by atoms with E-state index in [-0.39, 0.29) is 4.90 Å². The lowest BCUT2D eigenvalue weighted by molar-refractivity contribution is 0.391. The summed E-state index contributed by atoms with van der Waals surface area (Å²) in [4.78, 5) is 4.57. The summed E-state index contributed by atoms with van der Waals surface area (Å²) in [6, 6.07) is 18.2. The zero-order valence-corrected chi connectivity index (χ0v) is 14.9. The number of sulfonamides is 1. The maximum atomic E-state index is 12.9. The topological polar surface area (TPSA) is 62.9 Å². The van der Waals surface area contributed by atoms with Crippen molar-refractivity contribution in [3.63, 3.8) is 0 Å². The summed E-state index contributed by atoms with van der Waals surface area (Å²) in [6.07, 6.45) is 3.92. The van der Waals surface area contributed by atoms with Crippen molar-refractivity contribution < 1.29 is 12.8 Å². The predicted molar refractivity (Wildman–Crippen MR) is 100 cm³/mol. The van der Waals surface area contributed by atoms with Gasteiger partial charge in [0, 0.05) is 13.1 Å². The molecule has 2 aromatic carbocycles. The molecular weight excluding hydrogens is 348 g/mol. The van der Waals surface area contributed by atoms with Crippen molar-refractivity contribution in [3.8, 4) is 0 Å². The molecular formula is C20H18N2O3S. The maximum Gasteiger partial charge on any atom is 0.243 e. The summed E-state index contributed by atoms with van der Waals surface area (Å²) in [7, 11) is -3.52. The second-order valence-electron chi connectivity index (χ2n) is 6.12. The summed E-state index contributed by atoms with van der Waals surface area (Å²) < 4.78 is 32.6. The molecule has 26 heavy (non-hydrogen) atoms. The van der Waals surface area contributed by atoms with Crippen LogP contribution in [0.25, 0.3) is 0 Å². The summed E-state index contributed by atoms with van der Waals surface area (Å²) in [6.45, 7) is 0.911. The molecule has 132 valence electrons. The molecule has 1 aliphatic heterocycles. The second kappa shape index (κ2) is 6.90. The van der Waals surface area contributed by atoms with Crippen LogP contribution in [-0.4, -0.2) is 25.5 Å². The maximum absolute atomic E-state index is 12.9. The molecule has 0 saturated heterocycles. The van der Waals surface area contributed by atoms with Gasteiger partial charge < -0.3 is 4.42 Å². The van der Waals surface area contributed by atoms with E-state index < -0.39 is 10.0 Å². The molecule has 1 aliphatic rings. The van der Waals surface area contributed by atoms with Crippen molar-refractivity contribution in [2.24, 2.45) is 4.99 Å². The van der Waals surface area contributed by atoms with E-state index in [0.717, 1.165) is 12.0 Å².